The Labute approximate surface area is 106 Å². The van der Waals surface area contributed by atoms with Gasteiger partial charge >= 0.3 is 0 Å². The van der Waals surface area contributed by atoms with Crippen LogP contribution in [0.4, 0.5) is 4.39 Å². The van der Waals surface area contributed by atoms with Crippen molar-refractivity contribution in [2.24, 2.45) is 0 Å². The normalized spacial score (nSPS) is 10.3. The molecule has 0 aliphatic carbocycles. The van der Waals surface area contributed by atoms with Gasteiger partial charge in [-0.2, -0.15) is 5.10 Å². The van der Waals surface area contributed by atoms with Crippen LogP contribution in [-0.2, 0) is 0 Å². The Bertz CT molecular complexity index is 568. The summed E-state index contributed by atoms with van der Waals surface area (Å²) in [5.74, 6) is -0.606. The highest BCUT2D eigenvalue weighted by atomic mass is 79.9. The second-order valence-corrected chi connectivity index (χ2v) is 4.07. The van der Waals surface area contributed by atoms with Gasteiger partial charge in [-0.25, -0.2) is 9.07 Å². The van der Waals surface area contributed by atoms with E-state index >= 15 is 0 Å². The molecule has 4 nitrogen and oxygen atoms in total. The molecule has 0 saturated heterocycles. The predicted octanol–water partition coefficient (Wildman–Crippen LogP) is 2.13. The van der Waals surface area contributed by atoms with E-state index in [4.69, 9.17) is 0 Å². The van der Waals surface area contributed by atoms with E-state index in [1.165, 1.54) is 30.1 Å². The number of halogens is 2. The minimum Gasteiger partial charge on any atom is -0.355 e. The first-order valence-corrected chi connectivity index (χ1v) is 5.64. The number of hydrogen-bond donors (Lipinski definition) is 1. The molecule has 2 rings (SSSR count). The molecule has 6 heteroatoms. The van der Waals surface area contributed by atoms with Gasteiger partial charge in [0.25, 0.3) is 5.91 Å². The smallest absolute Gasteiger partial charge is 0.255 e. The molecule has 0 aliphatic heterocycles. The van der Waals surface area contributed by atoms with Gasteiger partial charge in [-0.05, 0) is 34.1 Å². The monoisotopic (exact) mass is 297 g/mol. The number of carbonyl (C=O) groups excluding carboxylic acids is 1. The number of benzene rings is 1. The number of amides is 1. The van der Waals surface area contributed by atoms with Crippen molar-refractivity contribution in [3.05, 3.63) is 46.4 Å². The van der Waals surface area contributed by atoms with E-state index in [0.717, 1.165) is 0 Å². The minimum atomic E-state index is -0.355. The van der Waals surface area contributed by atoms with Crippen molar-refractivity contribution >= 4 is 21.8 Å². The molecule has 0 bridgehead atoms. The number of nitrogens with zero attached hydrogens (tertiary/aromatic N) is 2. The van der Waals surface area contributed by atoms with Crippen LogP contribution >= 0.6 is 15.9 Å². The van der Waals surface area contributed by atoms with Gasteiger partial charge in [-0.3, -0.25) is 4.79 Å². The summed E-state index contributed by atoms with van der Waals surface area (Å²) in [7, 11) is 1.54. The van der Waals surface area contributed by atoms with Gasteiger partial charge in [-0.1, -0.05) is 6.07 Å². The molecule has 1 heterocycles. The van der Waals surface area contributed by atoms with Crippen LogP contribution in [0.25, 0.3) is 5.69 Å². The lowest BCUT2D eigenvalue weighted by atomic mass is 10.3. The summed E-state index contributed by atoms with van der Waals surface area (Å²) < 4.78 is 15.0. The Hall–Kier alpha value is -1.69. The maximum Gasteiger partial charge on any atom is 0.255 e. The zero-order valence-electron chi connectivity index (χ0n) is 8.95. The van der Waals surface area contributed by atoms with E-state index in [2.05, 4.69) is 26.3 Å². The Balaban J connectivity index is 2.48. The Morgan fingerprint density at radius 2 is 2.29 bits per heavy atom. The quantitative estimate of drug-likeness (QED) is 0.923. The molecule has 0 fully saturated rings. The highest BCUT2D eigenvalue weighted by molar-refractivity contribution is 9.10. The van der Waals surface area contributed by atoms with E-state index in [9.17, 15) is 9.18 Å². The van der Waals surface area contributed by atoms with Crippen LogP contribution in [0.5, 0.6) is 0 Å². The van der Waals surface area contributed by atoms with E-state index in [-0.39, 0.29) is 11.7 Å². The molecule has 0 spiro atoms. The lowest BCUT2D eigenvalue weighted by Gasteiger charge is -2.03. The van der Waals surface area contributed by atoms with Gasteiger partial charge in [0.15, 0.2) is 0 Å². The molecular formula is C11H9BrFN3O. The first kappa shape index (κ1) is 11.8. The summed E-state index contributed by atoms with van der Waals surface area (Å²) in [5, 5.41) is 6.54. The van der Waals surface area contributed by atoms with Crippen molar-refractivity contribution in [1.29, 1.82) is 0 Å². The summed E-state index contributed by atoms with van der Waals surface area (Å²) in [6.45, 7) is 0. The summed E-state index contributed by atoms with van der Waals surface area (Å²) in [6, 6.07) is 5.97. The van der Waals surface area contributed by atoms with Crippen LogP contribution in [0.1, 0.15) is 10.4 Å². The highest BCUT2D eigenvalue weighted by Gasteiger charge is 2.15. The van der Waals surface area contributed by atoms with E-state index < -0.39 is 0 Å². The van der Waals surface area contributed by atoms with Crippen LogP contribution in [0, 0.1) is 5.82 Å². The second-order valence-electron chi connectivity index (χ2n) is 3.32. The minimum absolute atomic E-state index is 0.250. The molecule has 17 heavy (non-hydrogen) atoms. The first-order chi connectivity index (χ1) is 8.13. The standard InChI is InChI=1S/C11H9BrFN3O/c1-14-11(17)9-6-15-16(10(9)12)8-4-2-3-7(13)5-8/h2-6H,1H3,(H,14,17). The molecule has 88 valence electrons. The van der Waals surface area contributed by atoms with Gasteiger partial charge in [0.05, 0.1) is 17.4 Å². The summed E-state index contributed by atoms with van der Waals surface area (Å²) >= 11 is 3.27. The van der Waals surface area contributed by atoms with Crippen LogP contribution in [0.2, 0.25) is 0 Å². The topological polar surface area (TPSA) is 46.9 Å². The molecule has 0 radical (unpaired) electrons. The van der Waals surface area contributed by atoms with E-state index in [1.807, 2.05) is 0 Å². The number of aromatic nitrogens is 2. The SMILES string of the molecule is CNC(=O)c1cnn(-c2cccc(F)c2)c1Br. The van der Waals surface area contributed by atoms with Gasteiger partial charge in [0, 0.05) is 7.05 Å². The fourth-order valence-corrected chi connectivity index (χ4v) is 1.99. The molecule has 2 aromatic rings. The molecular weight excluding hydrogens is 289 g/mol. The summed E-state index contributed by atoms with van der Waals surface area (Å²) in [6.07, 6.45) is 1.42. The van der Waals surface area contributed by atoms with E-state index in [0.29, 0.717) is 15.9 Å². The Kier molecular flexibility index (Phi) is 3.23. The molecule has 1 aromatic heterocycles. The predicted molar refractivity (Wildman–Crippen MR) is 64.6 cm³/mol. The molecule has 1 N–H and O–H groups in total. The van der Waals surface area contributed by atoms with Crippen LogP contribution < -0.4 is 5.32 Å². The molecule has 1 amide bonds. The number of carbonyl (C=O) groups is 1. The van der Waals surface area contributed by atoms with Crippen LogP contribution in [-0.4, -0.2) is 22.7 Å². The molecule has 0 unspecified atom stereocenters. The molecule has 0 atom stereocenters. The maximum atomic E-state index is 13.1. The lowest BCUT2D eigenvalue weighted by molar-refractivity contribution is 0.0962. The van der Waals surface area contributed by atoms with Crippen LogP contribution in [0.15, 0.2) is 35.1 Å². The van der Waals surface area contributed by atoms with E-state index in [1.54, 1.807) is 12.1 Å². The van der Waals surface area contributed by atoms with Crippen molar-refractivity contribution in [1.82, 2.24) is 15.1 Å². The van der Waals surface area contributed by atoms with Crippen molar-refractivity contribution in [3.8, 4) is 5.69 Å². The zero-order chi connectivity index (χ0) is 12.4. The third kappa shape index (κ3) is 2.21. The summed E-state index contributed by atoms with van der Waals surface area (Å²) in [5.41, 5.74) is 0.948. The average molecular weight is 298 g/mol. The average Bonchev–Trinajstić information content (AvgIpc) is 2.70. The number of hydrogen-bond acceptors (Lipinski definition) is 2. The van der Waals surface area contributed by atoms with Gasteiger partial charge in [0.2, 0.25) is 0 Å². The fourth-order valence-electron chi connectivity index (χ4n) is 1.41. The number of rotatable bonds is 2. The molecule has 1 aromatic carbocycles. The summed E-state index contributed by atoms with van der Waals surface area (Å²) in [4.78, 5) is 11.5. The van der Waals surface area contributed by atoms with Gasteiger partial charge in [-0.15, -0.1) is 0 Å². The van der Waals surface area contributed by atoms with Crippen molar-refractivity contribution in [2.45, 2.75) is 0 Å². The zero-order valence-corrected chi connectivity index (χ0v) is 10.5. The molecule has 0 aliphatic rings. The highest BCUT2D eigenvalue weighted by Crippen LogP contribution is 2.21. The largest absolute Gasteiger partial charge is 0.355 e. The van der Waals surface area contributed by atoms with Gasteiger partial charge < -0.3 is 5.32 Å². The Morgan fingerprint density at radius 1 is 1.53 bits per heavy atom. The third-order valence-corrected chi connectivity index (χ3v) is 3.00. The fraction of sp³-hybridized carbons (Fsp3) is 0.0909. The van der Waals surface area contributed by atoms with Crippen molar-refractivity contribution in [3.63, 3.8) is 0 Å². The number of nitrogens with one attached hydrogen (secondary N) is 1. The first-order valence-electron chi connectivity index (χ1n) is 4.85. The van der Waals surface area contributed by atoms with Crippen LogP contribution in [0.3, 0.4) is 0 Å². The maximum absolute atomic E-state index is 13.1. The Morgan fingerprint density at radius 3 is 2.94 bits per heavy atom. The molecule has 0 saturated carbocycles. The second kappa shape index (κ2) is 4.67. The lowest BCUT2D eigenvalue weighted by Crippen LogP contribution is -2.17. The van der Waals surface area contributed by atoms with Gasteiger partial charge in [0.1, 0.15) is 10.4 Å². The van der Waals surface area contributed by atoms with Crippen molar-refractivity contribution < 1.29 is 9.18 Å². The van der Waals surface area contributed by atoms with Crippen molar-refractivity contribution in [2.75, 3.05) is 7.05 Å². The third-order valence-electron chi connectivity index (χ3n) is 2.23.